The number of thiazole rings is 1. The Hall–Kier alpha value is -2.61. The molecule has 0 N–H and O–H groups in total. The van der Waals surface area contributed by atoms with Gasteiger partial charge in [0.25, 0.3) is 5.91 Å². The van der Waals surface area contributed by atoms with Gasteiger partial charge in [-0.2, -0.15) is 0 Å². The van der Waals surface area contributed by atoms with Crippen LogP contribution in [0.5, 0.6) is 5.75 Å². The number of halogens is 2. The van der Waals surface area contributed by atoms with E-state index in [1.807, 2.05) is 54.1 Å². The van der Waals surface area contributed by atoms with E-state index in [-0.39, 0.29) is 24.9 Å². The summed E-state index contributed by atoms with van der Waals surface area (Å²) >= 11 is 7.74. The second kappa shape index (κ2) is 10.6. The first kappa shape index (κ1) is 23.1. The molecule has 1 amide bonds. The molecule has 9 heteroatoms. The maximum atomic E-state index is 13.1. The van der Waals surface area contributed by atoms with Gasteiger partial charge in [-0.1, -0.05) is 41.1 Å². The van der Waals surface area contributed by atoms with Crippen molar-refractivity contribution in [1.82, 2.24) is 14.5 Å². The number of rotatable bonds is 8. The van der Waals surface area contributed by atoms with Crippen LogP contribution in [0.4, 0.5) is 5.13 Å². The first-order valence-corrected chi connectivity index (χ1v) is 10.8. The lowest BCUT2D eigenvalue weighted by molar-refractivity contribution is -0.120. The average molecular weight is 477 g/mol. The number of ether oxygens (including phenoxy) is 1. The Morgan fingerprint density at radius 1 is 1.26 bits per heavy atom. The summed E-state index contributed by atoms with van der Waals surface area (Å²) in [6.45, 7) is 3.21. The highest BCUT2D eigenvalue weighted by atomic mass is 35.5. The first-order valence-electron chi connectivity index (χ1n) is 9.61. The van der Waals surface area contributed by atoms with Crippen molar-refractivity contribution in [1.29, 1.82) is 0 Å². The van der Waals surface area contributed by atoms with E-state index in [4.69, 9.17) is 16.3 Å². The van der Waals surface area contributed by atoms with Gasteiger partial charge in [-0.25, -0.2) is 9.97 Å². The topological polar surface area (TPSA) is 60.2 Å². The summed E-state index contributed by atoms with van der Waals surface area (Å²) in [5, 5.41) is 1.21. The van der Waals surface area contributed by atoms with E-state index in [1.165, 1.54) is 11.3 Å². The fourth-order valence-electron chi connectivity index (χ4n) is 3.10. The Labute approximate surface area is 195 Å². The molecule has 0 atom stereocenters. The average Bonchev–Trinajstić information content (AvgIpc) is 3.40. The number of aromatic nitrogens is 3. The fourth-order valence-corrected chi connectivity index (χ4v) is 4.41. The standard InChI is InChI=1S/C22H21ClN4O2S.ClH/c1-16-5-2-6-17(13-16)29-14-20(28)27(11-4-10-26-12-9-24-15-26)22-25-21-18(23)7-3-8-19(21)30-22;/h2-3,5-9,12-13,15H,4,10-11,14H2,1H3;1H. The Morgan fingerprint density at radius 2 is 2.10 bits per heavy atom. The van der Waals surface area contributed by atoms with Crippen molar-refractivity contribution in [3.8, 4) is 5.75 Å². The van der Waals surface area contributed by atoms with E-state index in [1.54, 1.807) is 23.5 Å². The van der Waals surface area contributed by atoms with Crippen LogP contribution in [-0.2, 0) is 11.3 Å². The van der Waals surface area contributed by atoms with E-state index in [0.717, 1.165) is 23.2 Å². The molecule has 0 aliphatic carbocycles. The number of nitrogens with zero attached hydrogens (tertiary/aromatic N) is 4. The normalized spacial score (nSPS) is 10.6. The molecule has 0 saturated heterocycles. The van der Waals surface area contributed by atoms with E-state index in [9.17, 15) is 4.79 Å². The number of hydrogen-bond acceptors (Lipinski definition) is 5. The van der Waals surface area contributed by atoms with Crippen LogP contribution in [0, 0.1) is 6.92 Å². The number of hydrogen-bond donors (Lipinski definition) is 0. The number of benzene rings is 2. The number of carbonyl (C=O) groups is 1. The first-order chi connectivity index (χ1) is 14.6. The molecule has 0 unspecified atom stereocenters. The number of aryl methyl sites for hydroxylation is 2. The van der Waals surface area contributed by atoms with Crippen LogP contribution in [0.15, 0.2) is 61.2 Å². The third kappa shape index (κ3) is 5.76. The zero-order valence-corrected chi connectivity index (χ0v) is 19.3. The highest BCUT2D eigenvalue weighted by Gasteiger charge is 2.21. The predicted octanol–water partition coefficient (Wildman–Crippen LogP) is 5.38. The molecule has 2 aromatic carbocycles. The van der Waals surface area contributed by atoms with Gasteiger partial charge >= 0.3 is 0 Å². The van der Waals surface area contributed by atoms with Gasteiger partial charge in [-0.3, -0.25) is 9.69 Å². The lowest BCUT2D eigenvalue weighted by Gasteiger charge is -2.20. The van der Waals surface area contributed by atoms with Gasteiger partial charge in [0.1, 0.15) is 11.3 Å². The SMILES string of the molecule is Cc1cccc(OCC(=O)N(CCCn2ccnc2)c2nc3c(Cl)cccc3s2)c1.Cl. The van der Waals surface area contributed by atoms with Crippen molar-refractivity contribution >= 4 is 56.6 Å². The number of carbonyl (C=O) groups excluding carboxylic acids is 1. The van der Waals surface area contributed by atoms with E-state index < -0.39 is 0 Å². The molecule has 31 heavy (non-hydrogen) atoms. The highest BCUT2D eigenvalue weighted by molar-refractivity contribution is 7.22. The van der Waals surface area contributed by atoms with Gasteiger partial charge in [0.2, 0.25) is 0 Å². The summed E-state index contributed by atoms with van der Waals surface area (Å²) in [5.74, 6) is 0.534. The summed E-state index contributed by atoms with van der Waals surface area (Å²) in [6, 6.07) is 13.3. The summed E-state index contributed by atoms with van der Waals surface area (Å²) < 4.78 is 8.68. The lowest BCUT2D eigenvalue weighted by atomic mass is 10.2. The second-order valence-corrected chi connectivity index (χ2v) is 8.30. The monoisotopic (exact) mass is 476 g/mol. The van der Waals surface area contributed by atoms with Crippen LogP contribution in [-0.4, -0.2) is 33.6 Å². The van der Waals surface area contributed by atoms with Gasteiger partial charge in [0, 0.05) is 25.5 Å². The fraction of sp³-hybridized carbons (Fsp3) is 0.227. The molecule has 0 bridgehead atoms. The molecule has 0 aliphatic heterocycles. The van der Waals surface area contributed by atoms with Crippen molar-refractivity contribution < 1.29 is 9.53 Å². The van der Waals surface area contributed by atoms with Gasteiger partial charge in [0.05, 0.1) is 16.0 Å². The maximum absolute atomic E-state index is 13.1. The van der Waals surface area contributed by atoms with Crippen LogP contribution in [0.25, 0.3) is 10.2 Å². The molecule has 2 heterocycles. The number of para-hydroxylation sites is 1. The van der Waals surface area contributed by atoms with Crippen molar-refractivity contribution in [3.63, 3.8) is 0 Å². The van der Waals surface area contributed by atoms with Crippen LogP contribution < -0.4 is 9.64 Å². The van der Waals surface area contributed by atoms with Crippen LogP contribution in [0.1, 0.15) is 12.0 Å². The van der Waals surface area contributed by atoms with Crippen LogP contribution in [0.3, 0.4) is 0 Å². The second-order valence-electron chi connectivity index (χ2n) is 6.89. The Bertz CT molecular complexity index is 1150. The Morgan fingerprint density at radius 3 is 2.84 bits per heavy atom. The number of amides is 1. The number of anilines is 1. The predicted molar refractivity (Wildman–Crippen MR) is 128 cm³/mol. The van der Waals surface area contributed by atoms with E-state index >= 15 is 0 Å². The minimum absolute atomic E-state index is 0. The third-order valence-corrected chi connectivity index (χ3v) is 5.95. The van der Waals surface area contributed by atoms with Crippen LogP contribution >= 0.6 is 35.3 Å². The van der Waals surface area contributed by atoms with Crippen molar-refractivity contribution in [2.24, 2.45) is 0 Å². The summed E-state index contributed by atoms with van der Waals surface area (Å²) in [7, 11) is 0. The summed E-state index contributed by atoms with van der Waals surface area (Å²) in [6.07, 6.45) is 6.18. The Balaban J connectivity index is 0.00000272. The molecular formula is C22H22Cl2N4O2S. The van der Waals surface area contributed by atoms with Crippen LogP contribution in [0.2, 0.25) is 5.02 Å². The van der Waals surface area contributed by atoms with E-state index in [2.05, 4.69) is 9.97 Å². The minimum atomic E-state index is -0.141. The van der Waals surface area contributed by atoms with Gasteiger partial charge in [-0.05, 0) is 43.2 Å². The third-order valence-electron chi connectivity index (χ3n) is 4.60. The van der Waals surface area contributed by atoms with E-state index in [0.29, 0.717) is 28.0 Å². The van der Waals surface area contributed by atoms with Gasteiger partial charge in [-0.15, -0.1) is 12.4 Å². The molecule has 4 aromatic rings. The molecule has 162 valence electrons. The molecule has 4 rings (SSSR count). The Kier molecular flexibility index (Phi) is 7.90. The summed E-state index contributed by atoms with van der Waals surface area (Å²) in [4.78, 5) is 23.5. The van der Waals surface area contributed by atoms with Gasteiger partial charge < -0.3 is 9.30 Å². The lowest BCUT2D eigenvalue weighted by Crippen LogP contribution is -2.36. The number of imidazole rings is 1. The molecule has 0 radical (unpaired) electrons. The minimum Gasteiger partial charge on any atom is -0.484 e. The molecule has 0 saturated carbocycles. The van der Waals surface area contributed by atoms with Crippen molar-refractivity contribution in [3.05, 3.63) is 71.8 Å². The zero-order valence-electron chi connectivity index (χ0n) is 16.9. The zero-order chi connectivity index (χ0) is 20.9. The molecular weight excluding hydrogens is 455 g/mol. The van der Waals surface area contributed by atoms with Crippen molar-refractivity contribution in [2.75, 3.05) is 18.1 Å². The summed E-state index contributed by atoms with van der Waals surface area (Å²) in [5.41, 5.74) is 1.80. The molecule has 0 fully saturated rings. The molecule has 0 spiro atoms. The molecule has 6 nitrogen and oxygen atoms in total. The maximum Gasteiger partial charge on any atom is 0.266 e. The highest BCUT2D eigenvalue weighted by Crippen LogP contribution is 2.33. The smallest absolute Gasteiger partial charge is 0.266 e. The molecule has 2 aromatic heterocycles. The number of fused-ring (bicyclic) bond motifs is 1. The van der Waals surface area contributed by atoms with Gasteiger partial charge in [0.15, 0.2) is 11.7 Å². The largest absolute Gasteiger partial charge is 0.484 e. The van der Waals surface area contributed by atoms with Crippen molar-refractivity contribution in [2.45, 2.75) is 19.9 Å². The quantitative estimate of drug-likeness (QED) is 0.342. The molecule has 0 aliphatic rings.